The molecule has 0 aliphatic carbocycles. The first kappa shape index (κ1) is 19.2. The Kier molecular flexibility index (Phi) is 6.94. The van der Waals surface area contributed by atoms with E-state index in [0.29, 0.717) is 6.04 Å². The molecule has 1 aliphatic heterocycles. The van der Waals surface area contributed by atoms with Gasteiger partial charge in [0.25, 0.3) is 0 Å². The van der Waals surface area contributed by atoms with Gasteiger partial charge in [0, 0.05) is 19.1 Å². The summed E-state index contributed by atoms with van der Waals surface area (Å²) in [6, 6.07) is 15.1. The van der Waals surface area contributed by atoms with Gasteiger partial charge in [-0.25, -0.2) is 0 Å². The maximum Gasteiger partial charge on any atom is 0.133 e. The van der Waals surface area contributed by atoms with Crippen molar-refractivity contribution >= 4 is 15.9 Å². The lowest BCUT2D eigenvalue weighted by molar-refractivity contribution is 0.238. The average molecular weight is 419 g/mol. The highest BCUT2D eigenvalue weighted by molar-refractivity contribution is 9.10. The van der Waals surface area contributed by atoms with Gasteiger partial charge in [-0.3, -0.25) is 4.90 Å². The van der Waals surface area contributed by atoms with Crippen LogP contribution in [0, 0.1) is 0 Å². The molecule has 0 bridgehead atoms. The summed E-state index contributed by atoms with van der Waals surface area (Å²) in [5, 5.41) is 3.64. The number of ether oxygens (including phenoxy) is 2. The normalized spacial score (nSPS) is 15.8. The molecule has 2 aromatic carbocycles. The van der Waals surface area contributed by atoms with E-state index in [1.165, 1.54) is 37.1 Å². The second-order valence-corrected chi connectivity index (χ2v) is 7.49. The van der Waals surface area contributed by atoms with E-state index in [9.17, 15) is 0 Å². The summed E-state index contributed by atoms with van der Waals surface area (Å²) >= 11 is 3.56. The van der Waals surface area contributed by atoms with Crippen LogP contribution in [0.1, 0.15) is 30.0 Å². The molecule has 5 heteroatoms. The molecule has 1 aliphatic rings. The molecule has 1 atom stereocenters. The minimum Gasteiger partial charge on any atom is -0.497 e. The van der Waals surface area contributed by atoms with Crippen molar-refractivity contribution in [2.24, 2.45) is 0 Å². The molecule has 26 heavy (non-hydrogen) atoms. The van der Waals surface area contributed by atoms with Crippen molar-refractivity contribution in [1.82, 2.24) is 10.2 Å². The number of hydrogen-bond acceptors (Lipinski definition) is 4. The van der Waals surface area contributed by atoms with Crippen LogP contribution in [0.2, 0.25) is 0 Å². The monoisotopic (exact) mass is 418 g/mol. The second-order valence-electron chi connectivity index (χ2n) is 6.63. The largest absolute Gasteiger partial charge is 0.497 e. The van der Waals surface area contributed by atoms with Gasteiger partial charge < -0.3 is 14.8 Å². The van der Waals surface area contributed by atoms with Crippen LogP contribution in [0.15, 0.2) is 46.9 Å². The van der Waals surface area contributed by atoms with Crippen molar-refractivity contribution in [2.45, 2.75) is 25.4 Å². The summed E-state index contributed by atoms with van der Waals surface area (Å²) < 4.78 is 11.6. The number of methoxy groups -OCH3 is 2. The Labute approximate surface area is 164 Å². The van der Waals surface area contributed by atoms with E-state index >= 15 is 0 Å². The van der Waals surface area contributed by atoms with Crippen LogP contribution in [0.25, 0.3) is 0 Å². The summed E-state index contributed by atoms with van der Waals surface area (Å²) in [4.78, 5) is 2.58. The maximum atomic E-state index is 5.30. The molecule has 1 heterocycles. The van der Waals surface area contributed by atoms with Gasteiger partial charge in [0.05, 0.1) is 18.7 Å². The summed E-state index contributed by atoms with van der Waals surface area (Å²) in [5.41, 5.74) is 2.59. The Hall–Kier alpha value is -1.56. The third-order valence-electron chi connectivity index (χ3n) is 4.97. The second kappa shape index (κ2) is 9.40. The zero-order valence-corrected chi connectivity index (χ0v) is 17.1. The van der Waals surface area contributed by atoms with Crippen molar-refractivity contribution in [2.75, 3.05) is 33.9 Å². The van der Waals surface area contributed by atoms with Gasteiger partial charge in [0.2, 0.25) is 0 Å². The summed E-state index contributed by atoms with van der Waals surface area (Å²) in [5.74, 6) is 1.77. The molecule has 3 rings (SSSR count). The molecule has 0 saturated carbocycles. The molecule has 4 nitrogen and oxygen atoms in total. The fraction of sp³-hybridized carbons (Fsp3) is 0.429. The van der Waals surface area contributed by atoms with Crippen LogP contribution in [0.5, 0.6) is 11.5 Å². The Morgan fingerprint density at radius 3 is 2.38 bits per heavy atom. The third-order valence-corrected chi connectivity index (χ3v) is 5.58. The summed E-state index contributed by atoms with van der Waals surface area (Å²) in [6.45, 7) is 4.11. The zero-order chi connectivity index (χ0) is 18.4. The van der Waals surface area contributed by atoms with Crippen LogP contribution >= 0.6 is 15.9 Å². The van der Waals surface area contributed by atoms with E-state index < -0.39 is 0 Å². The van der Waals surface area contributed by atoms with Crippen molar-refractivity contribution in [3.8, 4) is 11.5 Å². The summed E-state index contributed by atoms with van der Waals surface area (Å²) in [7, 11) is 3.40. The molecule has 0 unspecified atom stereocenters. The first-order valence-corrected chi connectivity index (χ1v) is 9.91. The van der Waals surface area contributed by atoms with E-state index in [4.69, 9.17) is 9.47 Å². The quantitative estimate of drug-likeness (QED) is 0.688. The SMILES string of the molecule is COc1ccc([C@@H](CNCc2ccc(OC)c(Br)c2)N2CCCC2)cc1. The fourth-order valence-electron chi connectivity index (χ4n) is 3.51. The molecule has 0 radical (unpaired) electrons. The average Bonchev–Trinajstić information content (AvgIpc) is 3.20. The van der Waals surface area contributed by atoms with Gasteiger partial charge in [-0.05, 0) is 77.3 Å². The van der Waals surface area contributed by atoms with Gasteiger partial charge in [0.1, 0.15) is 11.5 Å². The highest BCUT2D eigenvalue weighted by atomic mass is 79.9. The predicted molar refractivity (Wildman–Crippen MR) is 109 cm³/mol. The molecule has 0 spiro atoms. The lowest BCUT2D eigenvalue weighted by Gasteiger charge is -2.28. The Bertz CT molecular complexity index is 700. The molecular weight excluding hydrogens is 392 g/mol. The van der Waals surface area contributed by atoms with E-state index in [1.54, 1.807) is 14.2 Å². The molecule has 1 N–H and O–H groups in total. The lowest BCUT2D eigenvalue weighted by atomic mass is 10.0. The van der Waals surface area contributed by atoms with Gasteiger partial charge in [-0.1, -0.05) is 18.2 Å². The van der Waals surface area contributed by atoms with Gasteiger partial charge in [-0.2, -0.15) is 0 Å². The Morgan fingerprint density at radius 1 is 1.04 bits per heavy atom. The smallest absolute Gasteiger partial charge is 0.133 e. The molecule has 1 fully saturated rings. The molecule has 140 valence electrons. The first-order valence-electron chi connectivity index (χ1n) is 9.12. The summed E-state index contributed by atoms with van der Waals surface area (Å²) in [6.07, 6.45) is 2.58. The van der Waals surface area contributed by atoms with E-state index in [2.05, 4.69) is 62.5 Å². The minimum absolute atomic E-state index is 0.394. The molecule has 2 aromatic rings. The van der Waals surface area contributed by atoms with Gasteiger partial charge in [-0.15, -0.1) is 0 Å². The van der Waals surface area contributed by atoms with Gasteiger partial charge >= 0.3 is 0 Å². The number of hydrogen-bond donors (Lipinski definition) is 1. The van der Waals surface area contributed by atoms with E-state index in [1.807, 2.05) is 6.07 Å². The first-order chi connectivity index (χ1) is 12.7. The van der Waals surface area contributed by atoms with Crippen molar-refractivity contribution in [3.05, 3.63) is 58.1 Å². The van der Waals surface area contributed by atoms with Crippen LogP contribution in [-0.4, -0.2) is 38.8 Å². The number of nitrogens with one attached hydrogen (secondary N) is 1. The topological polar surface area (TPSA) is 33.7 Å². The van der Waals surface area contributed by atoms with Crippen molar-refractivity contribution < 1.29 is 9.47 Å². The van der Waals surface area contributed by atoms with Crippen LogP contribution in [0.3, 0.4) is 0 Å². The van der Waals surface area contributed by atoms with Gasteiger partial charge in [0.15, 0.2) is 0 Å². The molecule has 0 amide bonds. The third kappa shape index (κ3) is 4.78. The number of nitrogens with zero attached hydrogens (tertiary/aromatic N) is 1. The Balaban J connectivity index is 1.64. The van der Waals surface area contributed by atoms with Crippen LogP contribution < -0.4 is 14.8 Å². The zero-order valence-electron chi connectivity index (χ0n) is 15.5. The van der Waals surface area contributed by atoms with Crippen LogP contribution in [0.4, 0.5) is 0 Å². The van der Waals surface area contributed by atoms with Crippen LogP contribution in [-0.2, 0) is 6.54 Å². The molecular formula is C21H27BrN2O2. The number of likely N-dealkylation sites (tertiary alicyclic amines) is 1. The van der Waals surface area contributed by atoms with Crippen molar-refractivity contribution in [1.29, 1.82) is 0 Å². The Morgan fingerprint density at radius 2 is 1.77 bits per heavy atom. The predicted octanol–water partition coefficient (Wildman–Crippen LogP) is 4.39. The number of halogens is 1. The maximum absolute atomic E-state index is 5.30. The highest BCUT2D eigenvalue weighted by Gasteiger charge is 2.23. The number of rotatable bonds is 8. The van der Waals surface area contributed by atoms with E-state index in [0.717, 1.165) is 29.1 Å². The molecule has 0 aromatic heterocycles. The lowest BCUT2D eigenvalue weighted by Crippen LogP contribution is -2.34. The minimum atomic E-state index is 0.394. The van der Waals surface area contributed by atoms with E-state index in [-0.39, 0.29) is 0 Å². The molecule has 1 saturated heterocycles. The highest BCUT2D eigenvalue weighted by Crippen LogP contribution is 2.27. The van der Waals surface area contributed by atoms with Crippen molar-refractivity contribution in [3.63, 3.8) is 0 Å². The number of benzene rings is 2. The standard InChI is InChI=1S/C21H27BrN2O2/c1-25-18-8-6-17(7-9-18)20(24-11-3-4-12-24)15-23-14-16-5-10-21(26-2)19(22)13-16/h5-10,13,20,23H,3-4,11-12,14-15H2,1-2H3/t20-/m1/s1. The fourth-order valence-corrected chi connectivity index (χ4v) is 4.10.